The minimum atomic E-state index is 1.28. The highest BCUT2D eigenvalue weighted by Gasteiger charge is 2.07. The van der Waals surface area contributed by atoms with Crippen LogP contribution in [0.15, 0.2) is 43.0 Å². The third-order valence-electron chi connectivity index (χ3n) is 2.85. The molecule has 0 bridgehead atoms. The summed E-state index contributed by atoms with van der Waals surface area (Å²) in [5, 5.41) is 1.30. The van der Waals surface area contributed by atoms with Gasteiger partial charge in [0, 0.05) is 29.2 Å². The Kier molecular flexibility index (Phi) is 13.6. The molecule has 0 amide bonds. The summed E-state index contributed by atoms with van der Waals surface area (Å²) in [6.07, 6.45) is 5.90. The van der Waals surface area contributed by atoms with Gasteiger partial charge in [-0.15, -0.1) is 0 Å². The number of aryl methyl sites for hydroxylation is 1. The monoisotopic (exact) mass is 287 g/mol. The minimum Gasteiger partial charge on any atom is -0.347 e. The van der Waals surface area contributed by atoms with Gasteiger partial charge in [-0.3, -0.25) is 0 Å². The molecule has 21 heavy (non-hydrogen) atoms. The molecular formula is C20H33N. The maximum atomic E-state index is 3.70. The van der Waals surface area contributed by atoms with Crippen LogP contribution in [0.1, 0.15) is 52.8 Å². The highest BCUT2D eigenvalue weighted by atomic mass is 14.9. The van der Waals surface area contributed by atoms with Crippen LogP contribution in [0.2, 0.25) is 0 Å². The molecule has 0 aliphatic heterocycles. The Morgan fingerprint density at radius 3 is 2.00 bits per heavy atom. The molecule has 0 saturated heterocycles. The molecule has 2 rings (SSSR count). The molecule has 1 nitrogen and oxygen atoms in total. The molecule has 118 valence electrons. The largest absolute Gasteiger partial charge is 0.347 e. The molecule has 0 radical (unpaired) electrons. The normalized spacial score (nSPS) is 8.95. The number of para-hydroxylation sites is 1. The van der Waals surface area contributed by atoms with Crippen LogP contribution in [0.5, 0.6) is 0 Å². The lowest BCUT2D eigenvalue weighted by molar-refractivity contribution is 0.916. The van der Waals surface area contributed by atoms with Gasteiger partial charge in [-0.1, -0.05) is 84.5 Å². The Hall–Kier alpha value is -1.76. The van der Waals surface area contributed by atoms with Crippen molar-refractivity contribution in [2.75, 3.05) is 0 Å². The molecule has 0 fully saturated rings. The van der Waals surface area contributed by atoms with E-state index in [1.807, 2.05) is 47.6 Å². The lowest BCUT2D eigenvalue weighted by atomic mass is 10.1. The van der Waals surface area contributed by atoms with E-state index in [4.69, 9.17) is 0 Å². The molecule has 0 unspecified atom stereocenters. The zero-order valence-corrected chi connectivity index (χ0v) is 15.2. The van der Waals surface area contributed by atoms with Crippen molar-refractivity contribution >= 4 is 17.0 Å². The van der Waals surface area contributed by atoms with Crippen molar-refractivity contribution in [3.8, 4) is 0 Å². The van der Waals surface area contributed by atoms with E-state index in [1.165, 1.54) is 22.2 Å². The first kappa shape index (κ1) is 21.5. The Labute approximate surface area is 132 Å². The van der Waals surface area contributed by atoms with Crippen molar-refractivity contribution in [2.24, 2.45) is 7.05 Å². The lowest BCUT2D eigenvalue weighted by Gasteiger charge is -1.97. The van der Waals surface area contributed by atoms with Gasteiger partial charge in [0.2, 0.25) is 0 Å². The standard InChI is InChI=1S/C14H15N.3C2H6/c1-4-5-8-12-11(2)15(3)14-10-7-6-9-13(12)14;3*1-2/h4-10H,1H2,2-3H3;3*1-2H3/b8-5-;;;. The molecule has 1 heterocycles. The molecule has 1 aromatic carbocycles. The van der Waals surface area contributed by atoms with E-state index >= 15 is 0 Å². The summed E-state index contributed by atoms with van der Waals surface area (Å²) in [5.74, 6) is 0. The number of allylic oxidation sites excluding steroid dienone is 2. The Balaban J connectivity index is 0. The predicted octanol–water partition coefficient (Wildman–Crippen LogP) is 6.76. The van der Waals surface area contributed by atoms with E-state index in [0.29, 0.717) is 0 Å². The molecular weight excluding hydrogens is 254 g/mol. The lowest BCUT2D eigenvalue weighted by Crippen LogP contribution is -1.89. The topological polar surface area (TPSA) is 4.93 Å². The van der Waals surface area contributed by atoms with E-state index in [-0.39, 0.29) is 0 Å². The highest BCUT2D eigenvalue weighted by molar-refractivity contribution is 5.91. The van der Waals surface area contributed by atoms with Crippen molar-refractivity contribution in [3.63, 3.8) is 0 Å². The van der Waals surface area contributed by atoms with E-state index in [9.17, 15) is 0 Å². The van der Waals surface area contributed by atoms with Gasteiger partial charge in [0.05, 0.1) is 0 Å². The number of rotatable bonds is 2. The number of hydrogen-bond acceptors (Lipinski definition) is 0. The van der Waals surface area contributed by atoms with Gasteiger partial charge in [-0.05, 0) is 13.0 Å². The average molecular weight is 287 g/mol. The first-order valence-electron chi connectivity index (χ1n) is 8.09. The van der Waals surface area contributed by atoms with Gasteiger partial charge in [0.25, 0.3) is 0 Å². The summed E-state index contributed by atoms with van der Waals surface area (Å²) in [6, 6.07) is 8.45. The van der Waals surface area contributed by atoms with E-state index in [0.717, 1.165) is 0 Å². The Morgan fingerprint density at radius 2 is 1.48 bits per heavy atom. The maximum absolute atomic E-state index is 3.70. The zero-order valence-electron chi connectivity index (χ0n) is 15.2. The van der Waals surface area contributed by atoms with Crippen LogP contribution < -0.4 is 0 Å². The summed E-state index contributed by atoms with van der Waals surface area (Å²) in [5.41, 5.74) is 3.85. The number of fused-ring (bicyclic) bond motifs is 1. The summed E-state index contributed by atoms with van der Waals surface area (Å²) in [6.45, 7) is 17.8. The third-order valence-corrected chi connectivity index (χ3v) is 2.85. The zero-order chi connectivity index (χ0) is 16.8. The minimum absolute atomic E-state index is 1.28. The quantitative estimate of drug-likeness (QED) is 0.537. The van der Waals surface area contributed by atoms with Crippen molar-refractivity contribution in [3.05, 3.63) is 54.3 Å². The highest BCUT2D eigenvalue weighted by Crippen LogP contribution is 2.25. The summed E-state index contributed by atoms with van der Waals surface area (Å²) >= 11 is 0. The fraction of sp³-hybridized carbons (Fsp3) is 0.400. The van der Waals surface area contributed by atoms with Crippen molar-refractivity contribution < 1.29 is 0 Å². The Bertz CT molecular complexity index is 530. The average Bonchev–Trinajstić information content (AvgIpc) is 2.83. The van der Waals surface area contributed by atoms with Gasteiger partial charge in [0.1, 0.15) is 0 Å². The van der Waals surface area contributed by atoms with E-state index in [2.05, 4.69) is 55.5 Å². The molecule has 0 aliphatic rings. The number of benzene rings is 1. The van der Waals surface area contributed by atoms with Gasteiger partial charge in [-0.2, -0.15) is 0 Å². The second-order valence-corrected chi connectivity index (χ2v) is 3.67. The van der Waals surface area contributed by atoms with E-state index in [1.54, 1.807) is 6.08 Å². The summed E-state index contributed by atoms with van der Waals surface area (Å²) < 4.78 is 2.22. The van der Waals surface area contributed by atoms with Crippen molar-refractivity contribution in [1.82, 2.24) is 4.57 Å². The van der Waals surface area contributed by atoms with Crippen molar-refractivity contribution in [2.45, 2.75) is 48.5 Å². The summed E-state index contributed by atoms with van der Waals surface area (Å²) in [4.78, 5) is 0. The number of aromatic nitrogens is 1. The van der Waals surface area contributed by atoms with Gasteiger partial charge < -0.3 is 4.57 Å². The second-order valence-electron chi connectivity index (χ2n) is 3.67. The molecule has 0 saturated carbocycles. The van der Waals surface area contributed by atoms with Crippen LogP contribution in [0.3, 0.4) is 0 Å². The molecule has 1 aromatic heterocycles. The van der Waals surface area contributed by atoms with Crippen LogP contribution in [-0.2, 0) is 7.05 Å². The van der Waals surface area contributed by atoms with E-state index < -0.39 is 0 Å². The van der Waals surface area contributed by atoms with Gasteiger partial charge in [-0.25, -0.2) is 0 Å². The van der Waals surface area contributed by atoms with Gasteiger partial charge >= 0.3 is 0 Å². The maximum Gasteiger partial charge on any atom is 0.0486 e. The van der Waals surface area contributed by atoms with Crippen LogP contribution in [0.4, 0.5) is 0 Å². The third kappa shape index (κ3) is 5.63. The number of nitrogens with zero attached hydrogens (tertiary/aromatic N) is 1. The Morgan fingerprint density at radius 1 is 0.952 bits per heavy atom. The van der Waals surface area contributed by atoms with Crippen LogP contribution in [0, 0.1) is 6.92 Å². The van der Waals surface area contributed by atoms with Crippen LogP contribution in [0.25, 0.3) is 17.0 Å². The molecule has 0 atom stereocenters. The van der Waals surface area contributed by atoms with Gasteiger partial charge in [0.15, 0.2) is 0 Å². The molecule has 0 spiro atoms. The fourth-order valence-electron chi connectivity index (χ4n) is 1.92. The summed E-state index contributed by atoms with van der Waals surface area (Å²) in [7, 11) is 2.10. The number of hydrogen-bond donors (Lipinski definition) is 0. The smallest absolute Gasteiger partial charge is 0.0486 e. The van der Waals surface area contributed by atoms with Crippen molar-refractivity contribution in [1.29, 1.82) is 0 Å². The first-order chi connectivity index (χ1) is 10.3. The van der Waals surface area contributed by atoms with Crippen LogP contribution >= 0.6 is 0 Å². The molecule has 1 heteroatoms. The van der Waals surface area contributed by atoms with Crippen LogP contribution in [-0.4, -0.2) is 4.57 Å². The predicted molar refractivity (Wildman–Crippen MR) is 101 cm³/mol. The second kappa shape index (κ2) is 13.2. The molecule has 0 aliphatic carbocycles. The molecule has 0 N–H and O–H groups in total. The fourth-order valence-corrected chi connectivity index (χ4v) is 1.92. The molecule has 2 aromatic rings. The SMILES string of the molecule is C=C/C=C\c1c(C)n(C)c2ccccc12.CC.CC.CC. The first-order valence-corrected chi connectivity index (χ1v) is 8.09.